The fraction of sp³-hybridized carbons (Fsp3) is 0.273. The summed E-state index contributed by atoms with van der Waals surface area (Å²) in [6, 6.07) is 1.76. The van der Waals surface area contributed by atoms with E-state index in [1.54, 1.807) is 44.4 Å². The first-order valence-electron chi connectivity index (χ1n) is 5.03. The van der Waals surface area contributed by atoms with Gasteiger partial charge in [-0.15, -0.1) is 0 Å². The summed E-state index contributed by atoms with van der Waals surface area (Å²) in [7, 11) is 4.93. The van der Waals surface area contributed by atoms with Crippen LogP contribution in [-0.2, 0) is 7.05 Å². The van der Waals surface area contributed by atoms with E-state index >= 15 is 0 Å². The Morgan fingerprint density at radius 1 is 1.18 bits per heavy atom. The van der Waals surface area contributed by atoms with Crippen LogP contribution in [0.3, 0.4) is 0 Å². The summed E-state index contributed by atoms with van der Waals surface area (Å²) in [5.74, 6) is 1.77. The number of aromatic nitrogens is 3. The highest BCUT2D eigenvalue weighted by Gasteiger charge is 2.16. The van der Waals surface area contributed by atoms with Crippen molar-refractivity contribution in [3.63, 3.8) is 0 Å². The molecule has 2 N–H and O–H groups in total. The first-order chi connectivity index (χ1) is 8.17. The van der Waals surface area contributed by atoms with Crippen molar-refractivity contribution in [2.45, 2.75) is 0 Å². The Hall–Kier alpha value is -2.24. The SMILES string of the molecule is COc1cncc(OC)c1-c1cc(N)n(C)n1. The van der Waals surface area contributed by atoms with Crippen LogP contribution in [0.5, 0.6) is 11.5 Å². The van der Waals surface area contributed by atoms with Gasteiger partial charge >= 0.3 is 0 Å². The second-order valence-electron chi connectivity index (χ2n) is 3.50. The summed E-state index contributed by atoms with van der Waals surface area (Å²) in [5.41, 5.74) is 7.21. The highest BCUT2D eigenvalue weighted by molar-refractivity contribution is 5.74. The third-order valence-corrected chi connectivity index (χ3v) is 2.49. The standard InChI is InChI=1S/C11H14N4O2/c1-15-10(12)4-7(14-15)11-8(16-2)5-13-6-9(11)17-3/h4-6H,12H2,1-3H3. The number of aryl methyl sites for hydroxylation is 1. The van der Waals surface area contributed by atoms with Gasteiger partial charge in [-0.1, -0.05) is 0 Å². The molecule has 0 atom stereocenters. The third kappa shape index (κ3) is 1.89. The molecule has 2 aromatic heterocycles. The second-order valence-corrected chi connectivity index (χ2v) is 3.50. The molecule has 0 bridgehead atoms. The normalized spacial score (nSPS) is 10.3. The van der Waals surface area contributed by atoms with Gasteiger partial charge in [0.25, 0.3) is 0 Å². The molecule has 6 nitrogen and oxygen atoms in total. The first-order valence-corrected chi connectivity index (χ1v) is 5.03. The molecule has 0 amide bonds. The average Bonchev–Trinajstić information content (AvgIpc) is 2.68. The maximum Gasteiger partial charge on any atom is 0.150 e. The Labute approximate surface area is 99.0 Å². The van der Waals surface area contributed by atoms with E-state index in [2.05, 4.69) is 10.1 Å². The molecule has 0 radical (unpaired) electrons. The molecule has 2 heterocycles. The quantitative estimate of drug-likeness (QED) is 0.860. The predicted octanol–water partition coefficient (Wildman–Crippen LogP) is 1.08. The number of methoxy groups -OCH3 is 2. The molecule has 90 valence electrons. The van der Waals surface area contributed by atoms with E-state index in [-0.39, 0.29) is 0 Å². The van der Waals surface area contributed by atoms with Gasteiger partial charge in [0.05, 0.1) is 32.2 Å². The summed E-state index contributed by atoms with van der Waals surface area (Å²) in [5, 5.41) is 4.30. The van der Waals surface area contributed by atoms with Crippen LogP contribution in [0.2, 0.25) is 0 Å². The molecule has 0 saturated carbocycles. The topological polar surface area (TPSA) is 75.2 Å². The average molecular weight is 234 g/mol. The molecular formula is C11H14N4O2. The Balaban J connectivity index is 2.63. The number of hydrogen-bond donors (Lipinski definition) is 1. The van der Waals surface area contributed by atoms with Gasteiger partial charge in [0.15, 0.2) is 0 Å². The number of nitrogens with zero attached hydrogens (tertiary/aromatic N) is 3. The zero-order valence-electron chi connectivity index (χ0n) is 9.97. The molecule has 2 aromatic rings. The van der Waals surface area contributed by atoms with E-state index in [1.807, 2.05) is 0 Å². The van der Waals surface area contributed by atoms with Crippen LogP contribution in [0.1, 0.15) is 0 Å². The molecule has 2 rings (SSSR count). The van der Waals surface area contributed by atoms with Crippen molar-refractivity contribution in [1.29, 1.82) is 0 Å². The lowest BCUT2D eigenvalue weighted by Gasteiger charge is -2.09. The number of nitrogen functional groups attached to an aromatic ring is 1. The van der Waals surface area contributed by atoms with Gasteiger partial charge in [-0.25, -0.2) is 0 Å². The number of rotatable bonds is 3. The van der Waals surface area contributed by atoms with Crippen LogP contribution in [0.4, 0.5) is 5.82 Å². The molecule has 0 saturated heterocycles. The van der Waals surface area contributed by atoms with E-state index in [0.717, 1.165) is 5.56 Å². The van der Waals surface area contributed by atoms with E-state index < -0.39 is 0 Å². The maximum absolute atomic E-state index is 5.76. The number of hydrogen-bond acceptors (Lipinski definition) is 5. The van der Waals surface area contributed by atoms with E-state index in [0.29, 0.717) is 23.0 Å². The monoisotopic (exact) mass is 234 g/mol. The van der Waals surface area contributed by atoms with Gasteiger partial charge in [-0.2, -0.15) is 5.10 Å². The number of anilines is 1. The number of ether oxygens (including phenoxy) is 2. The minimum Gasteiger partial charge on any atom is -0.494 e. The van der Waals surface area contributed by atoms with E-state index in [9.17, 15) is 0 Å². The van der Waals surface area contributed by atoms with Crippen LogP contribution < -0.4 is 15.2 Å². The highest BCUT2D eigenvalue weighted by Crippen LogP contribution is 2.36. The van der Waals surface area contributed by atoms with Crippen LogP contribution >= 0.6 is 0 Å². The predicted molar refractivity (Wildman–Crippen MR) is 64.0 cm³/mol. The number of nitrogens with two attached hydrogens (primary N) is 1. The van der Waals surface area contributed by atoms with Crippen LogP contribution in [-0.4, -0.2) is 29.0 Å². The second kappa shape index (κ2) is 4.32. The Morgan fingerprint density at radius 3 is 2.18 bits per heavy atom. The molecular weight excluding hydrogens is 220 g/mol. The van der Waals surface area contributed by atoms with Crippen LogP contribution in [0.15, 0.2) is 18.5 Å². The molecule has 0 aliphatic rings. The highest BCUT2D eigenvalue weighted by atomic mass is 16.5. The van der Waals surface area contributed by atoms with Gasteiger partial charge in [-0.3, -0.25) is 9.67 Å². The van der Waals surface area contributed by atoms with Crippen molar-refractivity contribution in [3.8, 4) is 22.8 Å². The van der Waals surface area contributed by atoms with Crippen molar-refractivity contribution < 1.29 is 9.47 Å². The largest absolute Gasteiger partial charge is 0.494 e. The van der Waals surface area contributed by atoms with Gasteiger partial charge in [0.1, 0.15) is 23.0 Å². The van der Waals surface area contributed by atoms with Crippen molar-refractivity contribution in [2.75, 3.05) is 20.0 Å². The lowest BCUT2D eigenvalue weighted by Crippen LogP contribution is -1.97. The van der Waals surface area contributed by atoms with Crippen molar-refractivity contribution in [2.24, 2.45) is 7.05 Å². The zero-order valence-corrected chi connectivity index (χ0v) is 9.97. The zero-order chi connectivity index (χ0) is 12.4. The van der Waals surface area contributed by atoms with Gasteiger partial charge in [0, 0.05) is 13.1 Å². The molecule has 0 aliphatic heterocycles. The fourth-order valence-electron chi connectivity index (χ4n) is 1.59. The molecule has 6 heteroatoms. The van der Waals surface area contributed by atoms with E-state index in [4.69, 9.17) is 15.2 Å². The Kier molecular flexibility index (Phi) is 2.86. The van der Waals surface area contributed by atoms with Gasteiger partial charge in [-0.05, 0) is 0 Å². The lowest BCUT2D eigenvalue weighted by atomic mass is 10.1. The van der Waals surface area contributed by atoms with Crippen molar-refractivity contribution >= 4 is 5.82 Å². The minimum absolute atomic E-state index is 0.570. The minimum atomic E-state index is 0.570. The van der Waals surface area contributed by atoms with Crippen molar-refractivity contribution in [1.82, 2.24) is 14.8 Å². The van der Waals surface area contributed by atoms with Crippen LogP contribution in [0, 0.1) is 0 Å². The molecule has 17 heavy (non-hydrogen) atoms. The summed E-state index contributed by atoms with van der Waals surface area (Å²) < 4.78 is 12.1. The maximum atomic E-state index is 5.76. The summed E-state index contributed by atoms with van der Waals surface area (Å²) in [6.45, 7) is 0. The first kappa shape index (κ1) is 11.3. The molecule has 0 aliphatic carbocycles. The van der Waals surface area contributed by atoms with Crippen LogP contribution in [0.25, 0.3) is 11.3 Å². The molecule has 0 unspecified atom stereocenters. The fourth-order valence-corrected chi connectivity index (χ4v) is 1.59. The summed E-state index contributed by atoms with van der Waals surface area (Å²) >= 11 is 0. The third-order valence-electron chi connectivity index (χ3n) is 2.49. The van der Waals surface area contributed by atoms with Gasteiger partial charge < -0.3 is 15.2 Å². The molecule has 0 aromatic carbocycles. The smallest absolute Gasteiger partial charge is 0.150 e. The Morgan fingerprint density at radius 2 is 1.76 bits per heavy atom. The summed E-state index contributed by atoms with van der Waals surface area (Å²) in [4.78, 5) is 4.03. The Bertz CT molecular complexity index is 495. The summed E-state index contributed by atoms with van der Waals surface area (Å²) in [6.07, 6.45) is 3.23. The number of pyridine rings is 1. The molecule has 0 spiro atoms. The van der Waals surface area contributed by atoms with Gasteiger partial charge in [0.2, 0.25) is 0 Å². The van der Waals surface area contributed by atoms with E-state index in [1.165, 1.54) is 0 Å². The molecule has 0 fully saturated rings. The van der Waals surface area contributed by atoms with Crippen molar-refractivity contribution in [3.05, 3.63) is 18.5 Å². The lowest BCUT2D eigenvalue weighted by molar-refractivity contribution is 0.393.